The van der Waals surface area contributed by atoms with Crippen LogP contribution in [0, 0.1) is 4.77 Å². The Hall–Kier alpha value is -2.44. The molecule has 0 aliphatic rings. The molecule has 3 rings (SSSR count). The molecule has 0 spiro atoms. The molecular formula is C19H24N5S+. The van der Waals surface area contributed by atoms with Gasteiger partial charge in [-0.1, -0.05) is 36.4 Å². The van der Waals surface area contributed by atoms with Crippen molar-refractivity contribution in [3.05, 3.63) is 65.4 Å². The normalized spacial score (nSPS) is 11.0. The van der Waals surface area contributed by atoms with Crippen LogP contribution < -0.4 is 10.2 Å². The average molecular weight is 355 g/mol. The number of nitrogens with zero attached hydrogens (tertiary/aromatic N) is 3. The maximum absolute atomic E-state index is 5.74. The van der Waals surface area contributed by atoms with E-state index in [2.05, 4.69) is 19.2 Å². The smallest absolute Gasteiger partial charge is 0.232 e. The third kappa shape index (κ3) is 3.97. The Morgan fingerprint density at radius 3 is 2.16 bits per heavy atom. The van der Waals surface area contributed by atoms with E-state index in [1.54, 1.807) is 0 Å². The molecule has 1 aromatic heterocycles. The van der Waals surface area contributed by atoms with Crippen molar-refractivity contribution in [1.29, 1.82) is 0 Å². The number of nitrogens with one attached hydrogen (secondary N) is 2. The number of quaternary nitrogens is 1. The summed E-state index contributed by atoms with van der Waals surface area (Å²) in [6, 6.07) is 20.2. The van der Waals surface area contributed by atoms with Crippen LogP contribution in [0.5, 0.6) is 0 Å². The third-order valence-corrected chi connectivity index (χ3v) is 4.65. The summed E-state index contributed by atoms with van der Waals surface area (Å²) in [5.41, 5.74) is 1.99. The maximum Gasteiger partial charge on any atom is 0.232 e. The van der Waals surface area contributed by atoms with Crippen molar-refractivity contribution < 1.29 is 4.90 Å². The molecule has 0 amide bonds. The van der Waals surface area contributed by atoms with Gasteiger partial charge >= 0.3 is 0 Å². The molecular weight excluding hydrogens is 330 g/mol. The fourth-order valence-corrected chi connectivity index (χ4v) is 3.03. The molecule has 2 aromatic carbocycles. The summed E-state index contributed by atoms with van der Waals surface area (Å²) in [7, 11) is 0. The molecule has 0 fully saturated rings. The van der Waals surface area contributed by atoms with Gasteiger partial charge in [0.15, 0.2) is 6.67 Å². The minimum absolute atomic E-state index is 0.698. The first-order chi connectivity index (χ1) is 12.2. The third-order valence-electron chi connectivity index (χ3n) is 4.26. The van der Waals surface area contributed by atoms with Gasteiger partial charge in [-0.15, -0.1) is 5.10 Å². The molecule has 0 aliphatic heterocycles. The highest BCUT2D eigenvalue weighted by Gasteiger charge is 2.15. The van der Waals surface area contributed by atoms with Crippen molar-refractivity contribution in [3.8, 4) is 5.69 Å². The Bertz CT molecular complexity index is 851. The summed E-state index contributed by atoms with van der Waals surface area (Å²) in [6.45, 7) is 7.20. The predicted molar refractivity (Wildman–Crippen MR) is 104 cm³/mol. The lowest BCUT2D eigenvalue weighted by Gasteiger charge is -2.14. The van der Waals surface area contributed by atoms with Crippen LogP contribution in [0.3, 0.4) is 0 Å². The van der Waals surface area contributed by atoms with Gasteiger partial charge in [0.05, 0.1) is 18.8 Å². The van der Waals surface area contributed by atoms with Gasteiger partial charge in [0.1, 0.15) is 0 Å². The number of rotatable bonds is 7. The fourth-order valence-electron chi connectivity index (χ4n) is 2.74. The zero-order valence-corrected chi connectivity index (χ0v) is 15.5. The summed E-state index contributed by atoms with van der Waals surface area (Å²) < 4.78 is 4.60. The largest absolute Gasteiger partial charge is 0.324 e. The SMILES string of the molecule is CC[NH+](CC)Cn1nc(Nc2ccccc2)n(-c2ccccc2)c1=S. The summed E-state index contributed by atoms with van der Waals surface area (Å²) in [4.78, 5) is 1.43. The quantitative estimate of drug-likeness (QED) is 0.641. The van der Waals surface area contributed by atoms with E-state index in [0.717, 1.165) is 37.1 Å². The summed E-state index contributed by atoms with van der Waals surface area (Å²) in [5.74, 6) is 0.731. The number of hydrogen-bond acceptors (Lipinski definition) is 3. The predicted octanol–water partition coefficient (Wildman–Crippen LogP) is 3.03. The molecule has 6 heteroatoms. The molecule has 25 heavy (non-hydrogen) atoms. The fraction of sp³-hybridized carbons (Fsp3) is 0.263. The Morgan fingerprint density at radius 1 is 0.960 bits per heavy atom. The van der Waals surface area contributed by atoms with E-state index in [4.69, 9.17) is 17.3 Å². The van der Waals surface area contributed by atoms with Gasteiger partial charge < -0.3 is 10.2 Å². The molecule has 0 unspecified atom stereocenters. The lowest BCUT2D eigenvalue weighted by Crippen LogP contribution is -3.10. The molecule has 0 bridgehead atoms. The molecule has 0 saturated carbocycles. The number of hydrogen-bond donors (Lipinski definition) is 2. The number of aromatic nitrogens is 3. The minimum Gasteiger partial charge on any atom is -0.324 e. The standard InChI is InChI=1S/C19H23N5S/c1-3-22(4-2)15-23-19(25)24(17-13-9-6-10-14-17)18(21-23)20-16-11-7-5-8-12-16/h5-14H,3-4,15H2,1-2H3,(H,20,21)/p+1. The molecule has 2 N–H and O–H groups in total. The van der Waals surface area contributed by atoms with E-state index in [9.17, 15) is 0 Å². The molecule has 0 saturated heterocycles. The molecule has 0 aliphatic carbocycles. The van der Waals surface area contributed by atoms with Crippen LogP contribution in [0.1, 0.15) is 13.8 Å². The van der Waals surface area contributed by atoms with E-state index in [0.29, 0.717) is 4.77 Å². The Morgan fingerprint density at radius 2 is 1.56 bits per heavy atom. The second-order valence-electron chi connectivity index (χ2n) is 5.88. The lowest BCUT2D eigenvalue weighted by molar-refractivity contribution is -0.920. The number of para-hydroxylation sites is 2. The van der Waals surface area contributed by atoms with Crippen LogP contribution >= 0.6 is 12.2 Å². The van der Waals surface area contributed by atoms with Gasteiger partial charge in [0.25, 0.3) is 0 Å². The van der Waals surface area contributed by atoms with Gasteiger partial charge in [-0.25, -0.2) is 0 Å². The number of anilines is 2. The zero-order valence-electron chi connectivity index (χ0n) is 14.6. The lowest BCUT2D eigenvalue weighted by atomic mass is 10.3. The summed E-state index contributed by atoms with van der Waals surface area (Å²) in [5, 5.41) is 8.16. The molecule has 5 nitrogen and oxygen atoms in total. The van der Waals surface area contributed by atoms with E-state index in [1.807, 2.05) is 69.9 Å². The van der Waals surface area contributed by atoms with Crippen LogP contribution in [0.15, 0.2) is 60.7 Å². The Labute approximate surface area is 153 Å². The first kappa shape index (κ1) is 17.4. The van der Waals surface area contributed by atoms with Crippen LogP contribution in [-0.4, -0.2) is 27.4 Å². The molecule has 130 valence electrons. The maximum atomic E-state index is 5.74. The van der Waals surface area contributed by atoms with Crippen molar-refractivity contribution in [2.45, 2.75) is 20.5 Å². The minimum atomic E-state index is 0.698. The van der Waals surface area contributed by atoms with Crippen molar-refractivity contribution in [2.75, 3.05) is 18.4 Å². The highest BCUT2D eigenvalue weighted by Crippen LogP contribution is 2.19. The van der Waals surface area contributed by atoms with E-state index in [-0.39, 0.29) is 0 Å². The van der Waals surface area contributed by atoms with E-state index >= 15 is 0 Å². The number of benzene rings is 2. The second-order valence-corrected chi connectivity index (χ2v) is 6.25. The summed E-state index contributed by atoms with van der Waals surface area (Å²) >= 11 is 5.74. The van der Waals surface area contributed by atoms with Crippen molar-refractivity contribution >= 4 is 23.9 Å². The van der Waals surface area contributed by atoms with Crippen LogP contribution in [-0.2, 0) is 6.67 Å². The van der Waals surface area contributed by atoms with Gasteiger partial charge in [0, 0.05) is 5.69 Å². The monoisotopic (exact) mass is 354 g/mol. The second kappa shape index (κ2) is 8.09. The molecule has 0 radical (unpaired) electrons. The van der Waals surface area contributed by atoms with Crippen LogP contribution in [0.4, 0.5) is 11.6 Å². The average Bonchev–Trinajstić information content (AvgIpc) is 2.96. The van der Waals surface area contributed by atoms with Crippen LogP contribution in [0.2, 0.25) is 0 Å². The van der Waals surface area contributed by atoms with Crippen molar-refractivity contribution in [1.82, 2.24) is 14.3 Å². The Balaban J connectivity index is 2.04. The zero-order chi connectivity index (χ0) is 17.6. The first-order valence-corrected chi connectivity index (χ1v) is 9.04. The van der Waals surface area contributed by atoms with Gasteiger partial charge in [-0.2, -0.15) is 4.68 Å². The molecule has 0 atom stereocenters. The Kier molecular flexibility index (Phi) is 5.63. The molecule has 3 aromatic rings. The van der Waals surface area contributed by atoms with Gasteiger partial charge in [0.2, 0.25) is 10.7 Å². The molecule has 1 heterocycles. The van der Waals surface area contributed by atoms with E-state index < -0.39 is 0 Å². The van der Waals surface area contributed by atoms with Crippen molar-refractivity contribution in [2.24, 2.45) is 0 Å². The highest BCUT2D eigenvalue weighted by molar-refractivity contribution is 7.71. The first-order valence-electron chi connectivity index (χ1n) is 8.63. The summed E-state index contributed by atoms with van der Waals surface area (Å²) in [6.07, 6.45) is 0. The topological polar surface area (TPSA) is 39.2 Å². The van der Waals surface area contributed by atoms with Gasteiger partial charge in [-0.05, 0) is 50.3 Å². The van der Waals surface area contributed by atoms with Crippen LogP contribution in [0.25, 0.3) is 5.69 Å². The highest BCUT2D eigenvalue weighted by atomic mass is 32.1. The van der Waals surface area contributed by atoms with E-state index in [1.165, 1.54) is 4.90 Å². The van der Waals surface area contributed by atoms with Crippen molar-refractivity contribution in [3.63, 3.8) is 0 Å². The van der Waals surface area contributed by atoms with Gasteiger partial charge in [-0.3, -0.25) is 4.57 Å².